The van der Waals surface area contributed by atoms with Crippen molar-refractivity contribution in [2.75, 3.05) is 26.2 Å². The van der Waals surface area contributed by atoms with Crippen LogP contribution in [0.2, 0.25) is 6.32 Å². The zero-order chi connectivity index (χ0) is 21.1. The van der Waals surface area contributed by atoms with Gasteiger partial charge in [-0.3, -0.25) is 14.5 Å². The molecule has 0 aromatic heterocycles. The molecule has 1 saturated heterocycles. The van der Waals surface area contributed by atoms with Gasteiger partial charge in [0.25, 0.3) is 0 Å². The number of aliphatic carboxylic acids is 1. The summed E-state index contributed by atoms with van der Waals surface area (Å²) in [4.78, 5) is 35.8. The minimum Gasteiger partial charge on any atom is -0.535 e. The van der Waals surface area contributed by atoms with E-state index in [-0.39, 0.29) is 29.7 Å². The fourth-order valence-electron chi connectivity index (χ4n) is 3.29. The number of nitrogens with two attached hydrogens (primary N) is 1. The average Bonchev–Trinajstić information content (AvgIpc) is 2.63. The number of nitrogens with one attached hydrogen (secondary N) is 1. The lowest BCUT2D eigenvalue weighted by Gasteiger charge is -2.40. The van der Waals surface area contributed by atoms with Crippen LogP contribution in [0.15, 0.2) is 12.1 Å². The van der Waals surface area contributed by atoms with E-state index in [0.29, 0.717) is 31.4 Å². The largest absolute Gasteiger partial charge is 0.535 e. The third-order valence-electron chi connectivity index (χ3n) is 4.75. The molecule has 1 aromatic rings. The average molecular weight is 407 g/mol. The Morgan fingerprint density at radius 1 is 1.34 bits per heavy atom. The van der Waals surface area contributed by atoms with Crippen LogP contribution in [0.1, 0.15) is 15.9 Å². The Bertz CT molecular complexity index is 814. The summed E-state index contributed by atoms with van der Waals surface area (Å²) < 4.78 is 11.1. The number of aryl methyl sites for hydroxylation is 1. The fourth-order valence-corrected chi connectivity index (χ4v) is 3.29. The highest BCUT2D eigenvalue weighted by Crippen LogP contribution is 2.37. The lowest BCUT2D eigenvalue weighted by atomic mass is 9.78. The van der Waals surface area contributed by atoms with Gasteiger partial charge < -0.3 is 35.7 Å². The van der Waals surface area contributed by atoms with Gasteiger partial charge in [0, 0.05) is 19.6 Å². The van der Waals surface area contributed by atoms with E-state index in [4.69, 9.17) is 20.2 Å². The summed E-state index contributed by atoms with van der Waals surface area (Å²) in [6, 6.07) is 2.42. The normalized spacial score (nSPS) is 17.5. The molecule has 3 rings (SSSR count). The summed E-state index contributed by atoms with van der Waals surface area (Å²) in [7, 11) is -1.05. The number of carbonyl (C=O) groups is 3. The topological polar surface area (TPSA) is 172 Å². The number of nitrogens with zero attached hydrogens (tertiary/aromatic N) is 1. The van der Waals surface area contributed by atoms with Crippen molar-refractivity contribution >= 4 is 25.0 Å². The van der Waals surface area contributed by atoms with E-state index in [1.165, 1.54) is 0 Å². The molecule has 0 aliphatic carbocycles. The van der Waals surface area contributed by atoms with Crippen molar-refractivity contribution in [2.24, 2.45) is 5.73 Å². The molecule has 2 aliphatic rings. The Morgan fingerprint density at radius 2 is 2.07 bits per heavy atom. The second-order valence-electron chi connectivity index (χ2n) is 7.02. The van der Waals surface area contributed by atoms with Crippen LogP contribution in [0.4, 0.5) is 0 Å². The van der Waals surface area contributed by atoms with E-state index >= 15 is 0 Å². The van der Waals surface area contributed by atoms with Gasteiger partial charge in [-0.2, -0.15) is 0 Å². The van der Waals surface area contributed by atoms with Gasteiger partial charge in [-0.25, -0.2) is 4.79 Å². The number of amides is 1. The molecule has 2 heterocycles. The van der Waals surface area contributed by atoms with Crippen LogP contribution >= 0.6 is 0 Å². The number of rotatable bonds is 8. The number of fused-ring (bicyclic) bond motifs is 1. The number of hydrogen-bond donors (Lipinski definition) is 5. The van der Waals surface area contributed by atoms with Crippen LogP contribution in [-0.4, -0.2) is 83.4 Å². The molecule has 0 unspecified atom stereocenters. The van der Waals surface area contributed by atoms with E-state index in [0.717, 1.165) is 0 Å². The van der Waals surface area contributed by atoms with E-state index in [1.54, 1.807) is 12.1 Å². The van der Waals surface area contributed by atoms with Gasteiger partial charge >= 0.3 is 19.1 Å². The summed E-state index contributed by atoms with van der Waals surface area (Å²) >= 11 is 0. The number of carboxylic acid groups (broad SMARTS) is 2. The molecular formula is C17H22BN3O8. The Labute approximate surface area is 166 Å². The molecule has 11 nitrogen and oxygen atoms in total. The van der Waals surface area contributed by atoms with Crippen molar-refractivity contribution < 1.29 is 39.0 Å². The molecule has 0 radical (unpaired) electrons. The van der Waals surface area contributed by atoms with Crippen molar-refractivity contribution in [1.29, 1.82) is 0 Å². The highest BCUT2D eigenvalue weighted by Gasteiger charge is 2.34. The second-order valence-corrected chi connectivity index (χ2v) is 7.02. The van der Waals surface area contributed by atoms with Crippen LogP contribution in [0, 0.1) is 0 Å². The van der Waals surface area contributed by atoms with Crippen molar-refractivity contribution in [3.05, 3.63) is 23.3 Å². The zero-order valence-electron chi connectivity index (χ0n) is 15.5. The molecule has 1 amide bonds. The minimum atomic E-state index is -1.21. The molecule has 1 atom stereocenters. The van der Waals surface area contributed by atoms with Crippen molar-refractivity contribution in [1.82, 2.24) is 10.2 Å². The third-order valence-corrected chi connectivity index (χ3v) is 4.75. The van der Waals surface area contributed by atoms with Crippen molar-refractivity contribution in [3.63, 3.8) is 0 Å². The molecular weight excluding hydrogens is 385 g/mol. The van der Waals surface area contributed by atoms with Gasteiger partial charge in [-0.15, -0.1) is 0 Å². The molecule has 0 spiro atoms. The van der Waals surface area contributed by atoms with Crippen LogP contribution in [0.25, 0.3) is 0 Å². The first-order valence-corrected chi connectivity index (χ1v) is 9.12. The maximum absolute atomic E-state index is 11.7. The summed E-state index contributed by atoms with van der Waals surface area (Å²) in [5, 5.41) is 30.0. The smallest absolute Gasteiger partial charge is 0.522 e. The van der Waals surface area contributed by atoms with Crippen molar-refractivity contribution in [3.8, 4) is 11.5 Å². The van der Waals surface area contributed by atoms with Crippen molar-refractivity contribution in [2.45, 2.75) is 24.9 Å². The molecule has 0 bridgehead atoms. The van der Waals surface area contributed by atoms with Crippen LogP contribution in [-0.2, 0) is 16.0 Å². The number of ether oxygens (including phenoxy) is 1. The first-order valence-electron chi connectivity index (χ1n) is 9.12. The van der Waals surface area contributed by atoms with E-state index in [2.05, 4.69) is 5.32 Å². The first-order chi connectivity index (χ1) is 13.7. The third kappa shape index (κ3) is 4.97. The number of carboxylic acids is 2. The molecule has 1 fully saturated rings. The zero-order valence-corrected chi connectivity index (χ0v) is 15.5. The van der Waals surface area contributed by atoms with E-state index < -0.39 is 37.6 Å². The SMILES string of the molecule is N[C@@H](CN1CC(Oc2ccc3c(c2C(=O)O)OB(O)CC3)C1)C(=O)NCC(=O)O. The Hall–Kier alpha value is -2.83. The molecule has 6 N–H and O–H groups in total. The minimum absolute atomic E-state index is 0.121. The molecule has 29 heavy (non-hydrogen) atoms. The van der Waals surface area contributed by atoms with Crippen LogP contribution < -0.4 is 20.4 Å². The highest BCUT2D eigenvalue weighted by molar-refractivity contribution is 6.44. The maximum Gasteiger partial charge on any atom is 0.522 e. The van der Waals surface area contributed by atoms with Crippen LogP contribution in [0.5, 0.6) is 11.5 Å². The first kappa shape index (κ1) is 20.9. The molecule has 0 saturated carbocycles. The maximum atomic E-state index is 11.7. The van der Waals surface area contributed by atoms with Gasteiger partial charge in [-0.05, 0) is 24.4 Å². The predicted molar refractivity (Wildman–Crippen MR) is 100.0 cm³/mol. The molecule has 156 valence electrons. The van der Waals surface area contributed by atoms with Gasteiger partial charge in [0.1, 0.15) is 29.7 Å². The Kier molecular flexibility index (Phi) is 6.25. The quantitative estimate of drug-likeness (QED) is 0.316. The number of hydrogen-bond acceptors (Lipinski definition) is 8. The van der Waals surface area contributed by atoms with Gasteiger partial charge in [0.2, 0.25) is 5.91 Å². The highest BCUT2D eigenvalue weighted by atomic mass is 16.5. The summed E-state index contributed by atoms with van der Waals surface area (Å²) in [5.74, 6) is -2.64. The lowest BCUT2D eigenvalue weighted by molar-refractivity contribution is -0.138. The molecule has 1 aromatic carbocycles. The predicted octanol–water partition coefficient (Wildman–Crippen LogP) is -1.61. The van der Waals surface area contributed by atoms with Gasteiger partial charge in [-0.1, -0.05) is 6.07 Å². The fraction of sp³-hybridized carbons (Fsp3) is 0.471. The molecule has 12 heteroatoms. The van der Waals surface area contributed by atoms with Gasteiger partial charge in [0.05, 0.1) is 6.04 Å². The Morgan fingerprint density at radius 3 is 2.72 bits per heavy atom. The van der Waals surface area contributed by atoms with Gasteiger partial charge in [0.15, 0.2) is 0 Å². The number of carbonyl (C=O) groups excluding carboxylic acids is 1. The number of likely N-dealkylation sites (tertiary alicyclic amines) is 1. The Balaban J connectivity index is 1.56. The van der Waals surface area contributed by atoms with Crippen LogP contribution in [0.3, 0.4) is 0 Å². The number of aromatic carboxylic acids is 1. The second kappa shape index (κ2) is 8.68. The molecule has 2 aliphatic heterocycles. The number of benzene rings is 1. The monoisotopic (exact) mass is 407 g/mol. The standard InChI is InChI=1S/C17H22BN3O8/c19-11(16(24)20-5-13(22)23)8-21-6-10(7-21)28-12-2-1-9-3-4-18(27)29-15(9)14(12)17(25)26/h1-2,10-11,27H,3-8,19H2,(H,20,24)(H,22,23)(H,25,26)/t11-/m0/s1. The van der Waals surface area contributed by atoms with E-state index in [1.807, 2.05) is 4.90 Å². The summed E-state index contributed by atoms with van der Waals surface area (Å²) in [5.41, 5.74) is 6.34. The lowest BCUT2D eigenvalue weighted by Crippen LogP contribution is -2.59. The summed E-state index contributed by atoms with van der Waals surface area (Å²) in [6.07, 6.45) is 0.606. The summed E-state index contributed by atoms with van der Waals surface area (Å²) in [6.45, 7) is 0.584. The van der Waals surface area contributed by atoms with E-state index in [9.17, 15) is 24.5 Å².